The topological polar surface area (TPSA) is 13.0 Å². The first kappa shape index (κ1) is 77.1. The summed E-state index contributed by atoms with van der Waals surface area (Å²) in [6.07, 6.45) is 0. The summed E-state index contributed by atoms with van der Waals surface area (Å²) in [5.41, 5.74) is 0. The molecule has 16 heteroatoms. The summed E-state index contributed by atoms with van der Waals surface area (Å²) in [5, 5.41) is 0. The van der Waals surface area contributed by atoms with E-state index < -0.39 is 0 Å². The van der Waals surface area contributed by atoms with Crippen molar-refractivity contribution in [3.8, 4) is 0 Å². The van der Waals surface area contributed by atoms with Gasteiger partial charge < -0.3 is 149 Å². The van der Waals surface area contributed by atoms with Gasteiger partial charge in [0.2, 0.25) is 0 Å². The zero-order valence-corrected chi connectivity index (χ0v) is 38.1. The van der Waals surface area contributed by atoms with Crippen LogP contribution in [0.5, 0.6) is 0 Å². The molecule has 0 spiro atoms. The Hall–Kier alpha value is 2.67. The van der Waals surface area contributed by atoms with Crippen LogP contribution in [-0.4, -0.2) is 113 Å². The van der Waals surface area contributed by atoms with Crippen molar-refractivity contribution in [3.63, 3.8) is 0 Å². The molecule has 0 aromatic rings. The van der Waals surface area contributed by atoms with Crippen molar-refractivity contribution in [1.29, 1.82) is 0 Å². The Labute approximate surface area is 314 Å². The third-order valence-electron chi connectivity index (χ3n) is 1.46. The summed E-state index contributed by atoms with van der Waals surface area (Å²) in [5.74, 6) is 0. The van der Waals surface area contributed by atoms with E-state index in [0.29, 0.717) is 17.3 Å². The molecule has 0 rings (SSSR count). The molecule has 0 aliphatic rings. The predicted octanol–water partition coefficient (Wildman–Crippen LogP) is 3.18. The Kier molecular flexibility index (Phi) is 153. The smallest absolute Gasteiger partial charge is 0.358 e. The fraction of sp³-hybridized carbons (Fsp3) is 0.400. The Morgan fingerprint density at radius 1 is 0.389 bits per heavy atom. The minimum atomic E-state index is 0. The molecule has 0 amide bonds. The van der Waals surface area contributed by atoms with Crippen LogP contribution in [0.3, 0.4) is 0 Å². The minimum Gasteiger partial charge on any atom is -0.358 e. The first-order chi connectivity index (χ1) is 14.6. The summed E-state index contributed by atoms with van der Waals surface area (Å²) in [6.45, 7) is 0. The van der Waals surface area contributed by atoms with E-state index in [1.807, 2.05) is 56.4 Å². The van der Waals surface area contributed by atoms with Crippen molar-refractivity contribution in [2.24, 2.45) is 0 Å². The van der Waals surface area contributed by atoms with Crippen LogP contribution in [0.15, 0.2) is 0 Å². The number of thiocarbonyl (C=S) groups is 4. The van der Waals surface area contributed by atoms with Crippen LogP contribution in [-0.2, 0) is 128 Å². The van der Waals surface area contributed by atoms with Crippen molar-refractivity contribution in [1.82, 2.24) is 19.6 Å². The third-order valence-corrected chi connectivity index (χ3v) is 4.38. The Bertz CT molecular complexity index is 381. The summed E-state index contributed by atoms with van der Waals surface area (Å²) < 4.78 is 2.04. The standard InChI is InChI=1S/4C3H7NS2.4CH3.4CH2.4Mo/c4*1-4(2)3(5)6;;;;;;;;;;;;/h4*1-2H3,(H,5,6);4*1H3;4*1H2;;;;/q;;;;4*-1;;;;;;;;/p-4. The van der Waals surface area contributed by atoms with Gasteiger partial charge in [0.15, 0.2) is 0 Å². The minimum absolute atomic E-state index is 0. The molecule has 0 saturated heterocycles. The maximum absolute atomic E-state index is 4.56. The second-order valence-corrected chi connectivity index (χ2v) is 8.77. The van der Waals surface area contributed by atoms with E-state index in [2.05, 4.69) is 119 Å². The molecule has 36 heavy (non-hydrogen) atoms. The second-order valence-electron chi connectivity index (χ2n) is 4.64. The first-order valence-electron chi connectivity index (χ1n) is 7.26. The molecule has 0 aliphatic carbocycles. The molecule has 0 unspecified atom stereocenters. The van der Waals surface area contributed by atoms with Crippen LogP contribution in [0.4, 0.5) is 0 Å². The second kappa shape index (κ2) is 71.2. The monoisotopic (exact) mass is 988 g/mol. The van der Waals surface area contributed by atoms with Crippen molar-refractivity contribution < 1.29 is 77.4 Å². The number of hydrogen-bond donors (Lipinski definition) is 0. The van der Waals surface area contributed by atoms with E-state index in [4.69, 9.17) is 0 Å². The normalized spacial score (nSPS) is 5.56. The van der Waals surface area contributed by atoms with E-state index >= 15 is 0 Å². The molecule has 0 bridgehead atoms. The van der Waals surface area contributed by atoms with Crippen LogP contribution in [0.2, 0.25) is 0 Å². The predicted molar refractivity (Wildman–Crippen MR) is 189 cm³/mol. The van der Waals surface area contributed by atoms with Crippen molar-refractivity contribution >= 4 is 136 Å². The van der Waals surface area contributed by atoms with Gasteiger partial charge in [-0.05, 0) is 0 Å². The molecule has 0 fully saturated rings. The van der Waals surface area contributed by atoms with Crippen LogP contribution in [0.25, 0.3) is 0 Å². The zero-order chi connectivity index (χ0) is 28.6. The Balaban J connectivity index is -0.0000000188. The van der Waals surface area contributed by atoms with E-state index in [1.165, 1.54) is 0 Å². The van der Waals surface area contributed by atoms with Gasteiger partial charge in [-0.1, -0.05) is 17.3 Å². The quantitative estimate of drug-likeness (QED) is 0.154. The molecule has 0 aliphatic heterocycles. The number of hydrogen-bond acceptors (Lipinski definition) is 8. The molecule has 0 aromatic carbocycles. The van der Waals surface area contributed by atoms with E-state index in [-0.39, 0.29) is 29.7 Å². The average molecular weight is 981 g/mol. The SMILES string of the molecule is CN(C)C(=S)[S-].CN(C)C(=S)[S-].CN(C)C(=S)[S-].CN(C)C(=S)[S-].[CH2]=[Mo].[CH2]=[Mo].[CH2]=[Mo].[CH2]=[Mo].[CH3-].[CH3-].[CH3-].[CH3-]. The van der Waals surface area contributed by atoms with Gasteiger partial charge in [0.25, 0.3) is 0 Å². The fourth-order valence-electron chi connectivity index (χ4n) is 0. The fourth-order valence-corrected chi connectivity index (χ4v) is 0. The van der Waals surface area contributed by atoms with Gasteiger partial charge in [-0.2, -0.15) is 0 Å². The molecular formula is C20H44Mo4N4S8-8. The molecule has 0 saturated carbocycles. The summed E-state index contributed by atoms with van der Waals surface area (Å²) in [7, 11) is 14.6. The van der Waals surface area contributed by atoms with E-state index in [1.54, 1.807) is 97.0 Å². The van der Waals surface area contributed by atoms with E-state index in [9.17, 15) is 0 Å². The summed E-state index contributed by atoms with van der Waals surface area (Å²) >= 11 is 43.3. The van der Waals surface area contributed by atoms with Crippen LogP contribution < -0.4 is 0 Å². The molecule has 4 nitrogen and oxygen atoms in total. The van der Waals surface area contributed by atoms with Gasteiger partial charge in [-0.15, -0.1) is 0 Å². The maximum atomic E-state index is 4.56. The van der Waals surface area contributed by atoms with Crippen molar-refractivity contribution in [2.45, 2.75) is 0 Å². The molecule has 0 radical (unpaired) electrons. The number of rotatable bonds is 0. The van der Waals surface area contributed by atoms with Gasteiger partial charge in [0, 0.05) is 56.4 Å². The van der Waals surface area contributed by atoms with Gasteiger partial charge in [-0.25, -0.2) is 0 Å². The molecular weight excluding hydrogens is 937 g/mol. The van der Waals surface area contributed by atoms with E-state index in [0.717, 1.165) is 0 Å². The van der Waals surface area contributed by atoms with Crippen molar-refractivity contribution in [2.75, 3.05) is 56.4 Å². The van der Waals surface area contributed by atoms with Crippen LogP contribution >= 0.6 is 48.9 Å². The Morgan fingerprint density at radius 3 is 0.417 bits per heavy atom. The Morgan fingerprint density at radius 2 is 0.417 bits per heavy atom. The third kappa shape index (κ3) is 134. The molecule has 0 N–H and O–H groups in total. The molecule has 224 valence electrons. The van der Waals surface area contributed by atoms with Gasteiger partial charge in [0.1, 0.15) is 0 Å². The summed E-state index contributed by atoms with van der Waals surface area (Å²) in [4.78, 5) is 19.9. The largest absolute Gasteiger partial charge is 0.358 e. The molecule has 0 heterocycles. The molecule has 0 atom stereocenters. The zero-order valence-electron chi connectivity index (χ0n) is 23.5. The van der Waals surface area contributed by atoms with Gasteiger partial charge in [0.05, 0.1) is 0 Å². The maximum Gasteiger partial charge on any atom is -0.358 e. The number of nitrogens with zero attached hydrogens (tertiary/aromatic N) is 4. The van der Waals surface area contributed by atoms with Crippen LogP contribution in [0.1, 0.15) is 0 Å². The van der Waals surface area contributed by atoms with Crippen LogP contribution in [0, 0.1) is 29.7 Å². The van der Waals surface area contributed by atoms with Gasteiger partial charge >= 0.3 is 97.0 Å². The summed E-state index contributed by atoms with van der Waals surface area (Å²) in [6, 6.07) is 0. The van der Waals surface area contributed by atoms with Gasteiger partial charge in [-0.3, -0.25) is 0 Å². The average Bonchev–Trinajstić information content (AvgIpc) is 2.75. The van der Waals surface area contributed by atoms with Crippen molar-refractivity contribution in [3.05, 3.63) is 29.7 Å². The molecule has 0 aromatic heterocycles. The first-order valence-corrected chi connectivity index (χ1v) is 16.2.